The first-order valence-corrected chi connectivity index (χ1v) is 8.36. The van der Waals surface area contributed by atoms with Crippen molar-refractivity contribution < 1.29 is 13.3 Å². The Kier molecular flexibility index (Phi) is 4.08. The van der Waals surface area contributed by atoms with Crippen molar-refractivity contribution in [1.29, 1.82) is 0 Å². The number of hydrogen-bond donors (Lipinski definition) is 1. The maximum atomic E-state index is 12.3. The third-order valence-corrected chi connectivity index (χ3v) is 5.22. The number of benzene rings is 1. The molecule has 0 atom stereocenters. The molecule has 2 rings (SSSR count). The van der Waals surface area contributed by atoms with Crippen LogP contribution in [0.3, 0.4) is 0 Å². The van der Waals surface area contributed by atoms with E-state index in [1.54, 1.807) is 26.0 Å². The van der Waals surface area contributed by atoms with Crippen molar-refractivity contribution in [2.75, 3.05) is 0 Å². The minimum Gasteiger partial charge on any atom is -0.265 e. The lowest BCUT2D eigenvalue weighted by Gasteiger charge is -2.11. The predicted molar refractivity (Wildman–Crippen MR) is 80.2 cm³/mol. The van der Waals surface area contributed by atoms with Crippen molar-refractivity contribution in [1.82, 2.24) is 5.48 Å². The molecule has 0 amide bonds. The first kappa shape index (κ1) is 15.6. The van der Waals surface area contributed by atoms with Gasteiger partial charge in [0.05, 0.1) is 5.75 Å². The lowest BCUT2D eigenvalue weighted by Crippen LogP contribution is -2.22. The molecule has 0 aromatic heterocycles. The summed E-state index contributed by atoms with van der Waals surface area (Å²) in [4.78, 5) is 5.17. The summed E-state index contributed by atoms with van der Waals surface area (Å²) < 4.78 is 24.7. The van der Waals surface area contributed by atoms with Gasteiger partial charge in [-0.1, -0.05) is 23.2 Å². The van der Waals surface area contributed by atoms with Gasteiger partial charge in [0, 0.05) is 10.0 Å². The summed E-state index contributed by atoms with van der Waals surface area (Å²) in [5, 5.41) is 0.925. The van der Waals surface area contributed by atoms with E-state index in [9.17, 15) is 8.42 Å². The summed E-state index contributed by atoms with van der Waals surface area (Å²) in [6.07, 6.45) is 1.53. The zero-order chi connectivity index (χ0) is 15.1. The molecule has 0 spiro atoms. The third kappa shape index (κ3) is 3.28. The van der Waals surface area contributed by atoms with Crippen LogP contribution in [0.1, 0.15) is 25.0 Å². The van der Waals surface area contributed by atoms with Gasteiger partial charge in [0.25, 0.3) is 0 Å². The first-order valence-electron chi connectivity index (χ1n) is 5.95. The Balaban J connectivity index is 2.33. The van der Waals surface area contributed by atoms with E-state index < -0.39 is 15.4 Å². The molecule has 1 heterocycles. The molecule has 0 unspecified atom stereocenters. The largest absolute Gasteiger partial charge is 0.265 e. The van der Waals surface area contributed by atoms with Crippen molar-refractivity contribution in [3.63, 3.8) is 0 Å². The summed E-state index contributed by atoms with van der Waals surface area (Å²) >= 11 is 12.1. The molecule has 1 N–H and O–H groups in total. The highest BCUT2D eigenvalue weighted by Crippen LogP contribution is 2.29. The Hall–Kier alpha value is -0.750. The summed E-state index contributed by atoms with van der Waals surface area (Å²) in [5.74, 6) is -0.232. The van der Waals surface area contributed by atoms with Crippen molar-refractivity contribution in [3.05, 3.63) is 44.4 Å². The molecule has 1 aliphatic heterocycles. The quantitative estimate of drug-likeness (QED) is 0.919. The van der Waals surface area contributed by atoms with Crippen LogP contribution in [-0.2, 0) is 20.4 Å². The highest BCUT2D eigenvalue weighted by molar-refractivity contribution is 7.94. The van der Waals surface area contributed by atoms with Crippen molar-refractivity contribution in [2.45, 2.75) is 32.1 Å². The Morgan fingerprint density at radius 2 is 1.90 bits per heavy atom. The van der Waals surface area contributed by atoms with E-state index in [2.05, 4.69) is 5.48 Å². The summed E-state index contributed by atoms with van der Waals surface area (Å²) in [7, 11) is -3.55. The van der Waals surface area contributed by atoms with Crippen molar-refractivity contribution >= 4 is 33.0 Å². The predicted octanol–water partition coefficient (Wildman–Crippen LogP) is 3.37. The van der Waals surface area contributed by atoms with E-state index in [0.29, 0.717) is 15.6 Å². The topological polar surface area (TPSA) is 55.4 Å². The van der Waals surface area contributed by atoms with Crippen LogP contribution in [0, 0.1) is 6.92 Å². The Morgan fingerprint density at radius 1 is 1.25 bits per heavy atom. The highest BCUT2D eigenvalue weighted by atomic mass is 35.5. The van der Waals surface area contributed by atoms with Crippen LogP contribution in [0.2, 0.25) is 10.0 Å². The number of sulfone groups is 1. The second kappa shape index (κ2) is 5.22. The third-order valence-electron chi connectivity index (χ3n) is 2.90. The molecular weight excluding hydrogens is 321 g/mol. The monoisotopic (exact) mass is 335 g/mol. The fourth-order valence-electron chi connectivity index (χ4n) is 1.79. The summed E-state index contributed by atoms with van der Waals surface area (Å²) in [6.45, 7) is 5.33. The second-order valence-corrected chi connectivity index (χ2v) is 8.04. The van der Waals surface area contributed by atoms with Crippen LogP contribution < -0.4 is 5.48 Å². The van der Waals surface area contributed by atoms with E-state index in [0.717, 1.165) is 5.56 Å². The zero-order valence-electron chi connectivity index (χ0n) is 11.3. The van der Waals surface area contributed by atoms with Gasteiger partial charge >= 0.3 is 0 Å². The molecule has 0 aliphatic carbocycles. The highest BCUT2D eigenvalue weighted by Gasteiger charge is 2.31. The minimum atomic E-state index is -3.55. The number of aryl methyl sites for hydroxylation is 1. The molecule has 1 aliphatic rings. The van der Waals surface area contributed by atoms with Crippen LogP contribution in [0.4, 0.5) is 0 Å². The van der Waals surface area contributed by atoms with Gasteiger partial charge < -0.3 is 0 Å². The Bertz CT molecular complexity index is 681. The van der Waals surface area contributed by atoms with Crippen molar-refractivity contribution in [2.24, 2.45) is 0 Å². The van der Waals surface area contributed by atoms with Gasteiger partial charge in [0.1, 0.15) is 5.60 Å². The fraction of sp³-hybridized carbons (Fsp3) is 0.385. The summed E-state index contributed by atoms with van der Waals surface area (Å²) in [5.41, 5.74) is 3.07. The molecule has 110 valence electrons. The van der Waals surface area contributed by atoms with Crippen LogP contribution in [0.25, 0.3) is 0 Å². The fourth-order valence-corrected chi connectivity index (χ4v) is 3.78. The van der Waals surface area contributed by atoms with Gasteiger partial charge in [-0.05, 0) is 50.1 Å². The average molecular weight is 336 g/mol. The van der Waals surface area contributed by atoms with E-state index in [-0.39, 0.29) is 10.8 Å². The van der Waals surface area contributed by atoms with Crippen LogP contribution in [0.5, 0.6) is 0 Å². The summed E-state index contributed by atoms with van der Waals surface area (Å²) in [6, 6.07) is 3.24. The SMILES string of the molecule is Cc1cc(Cl)c(CS(=O)(=O)C2=CC(C)(C)ON2)cc1Cl. The lowest BCUT2D eigenvalue weighted by molar-refractivity contribution is -0.0129. The average Bonchev–Trinajstić information content (AvgIpc) is 2.67. The van der Waals surface area contributed by atoms with E-state index in [1.807, 2.05) is 6.92 Å². The van der Waals surface area contributed by atoms with Crippen LogP contribution in [-0.4, -0.2) is 14.0 Å². The lowest BCUT2D eigenvalue weighted by atomic mass is 10.1. The molecule has 0 fully saturated rings. The van der Waals surface area contributed by atoms with Crippen LogP contribution in [0.15, 0.2) is 23.2 Å². The molecule has 4 nitrogen and oxygen atoms in total. The zero-order valence-corrected chi connectivity index (χ0v) is 13.7. The molecule has 1 aromatic rings. The van der Waals surface area contributed by atoms with E-state index in [4.69, 9.17) is 28.0 Å². The molecular formula is C13H15Cl2NO3S. The normalized spacial score (nSPS) is 17.8. The van der Waals surface area contributed by atoms with Crippen molar-refractivity contribution in [3.8, 4) is 0 Å². The smallest absolute Gasteiger partial charge is 0.199 e. The van der Waals surface area contributed by atoms with Gasteiger partial charge in [-0.3, -0.25) is 10.3 Å². The molecule has 7 heteroatoms. The number of hydrogen-bond acceptors (Lipinski definition) is 4. The number of hydroxylamine groups is 1. The van der Waals surface area contributed by atoms with Gasteiger partial charge in [0.2, 0.25) is 0 Å². The number of nitrogens with one attached hydrogen (secondary N) is 1. The van der Waals surface area contributed by atoms with Gasteiger partial charge in [-0.25, -0.2) is 8.42 Å². The van der Waals surface area contributed by atoms with Gasteiger partial charge in [-0.2, -0.15) is 0 Å². The molecule has 1 aromatic carbocycles. The van der Waals surface area contributed by atoms with Gasteiger partial charge in [-0.15, -0.1) is 0 Å². The molecule has 0 saturated heterocycles. The van der Waals surface area contributed by atoms with E-state index >= 15 is 0 Å². The molecule has 0 radical (unpaired) electrons. The molecule has 20 heavy (non-hydrogen) atoms. The van der Waals surface area contributed by atoms with Crippen LogP contribution >= 0.6 is 23.2 Å². The molecule has 0 bridgehead atoms. The minimum absolute atomic E-state index is 0.0512. The molecule has 0 saturated carbocycles. The Morgan fingerprint density at radius 3 is 2.45 bits per heavy atom. The first-order chi connectivity index (χ1) is 9.11. The van der Waals surface area contributed by atoms with Gasteiger partial charge in [0.15, 0.2) is 14.9 Å². The maximum Gasteiger partial charge on any atom is 0.199 e. The maximum absolute atomic E-state index is 12.3. The van der Waals surface area contributed by atoms with E-state index in [1.165, 1.54) is 6.08 Å². The Labute approximate surface area is 128 Å². The number of rotatable bonds is 3. The standard InChI is InChI=1S/C13H15Cl2NO3S/c1-8-4-11(15)9(5-10(8)14)7-20(17,18)12-6-13(2,3)19-16-12/h4-6,16H,7H2,1-3H3. The second-order valence-electron chi connectivity index (χ2n) is 5.27. The number of halogens is 2.